The highest BCUT2D eigenvalue weighted by atomic mass is 35.5. The van der Waals surface area contributed by atoms with Gasteiger partial charge in [0.2, 0.25) is 11.8 Å². The number of hydrogen-bond donors (Lipinski definition) is 0. The van der Waals surface area contributed by atoms with Gasteiger partial charge >= 0.3 is 0 Å². The molecule has 1 aromatic heterocycles. The van der Waals surface area contributed by atoms with E-state index in [2.05, 4.69) is 23.1 Å². The van der Waals surface area contributed by atoms with E-state index >= 15 is 0 Å². The number of amides is 2. The number of hydrogen-bond acceptors (Lipinski definition) is 4. The number of likely N-dealkylation sites (tertiary alicyclic amines) is 1. The van der Waals surface area contributed by atoms with E-state index < -0.39 is 0 Å². The van der Waals surface area contributed by atoms with E-state index in [1.807, 2.05) is 34.1 Å². The molecule has 0 N–H and O–H groups in total. The Labute approximate surface area is 193 Å². The van der Waals surface area contributed by atoms with E-state index in [1.165, 1.54) is 10.4 Å². The summed E-state index contributed by atoms with van der Waals surface area (Å²) in [6.45, 7) is 5.67. The van der Waals surface area contributed by atoms with Crippen LogP contribution in [-0.2, 0) is 22.6 Å². The molecule has 4 rings (SSSR count). The number of carbonyl (C=O) groups is 2. The van der Waals surface area contributed by atoms with Crippen molar-refractivity contribution in [3.8, 4) is 0 Å². The normalized spacial score (nSPS) is 18.4. The molecule has 0 atom stereocenters. The smallest absolute Gasteiger partial charge is 0.225 e. The average Bonchev–Trinajstić information content (AvgIpc) is 3.22. The lowest BCUT2D eigenvalue weighted by atomic mass is 9.94. The van der Waals surface area contributed by atoms with E-state index in [9.17, 15) is 9.59 Å². The number of benzene rings is 1. The predicted molar refractivity (Wildman–Crippen MR) is 125 cm³/mol. The van der Waals surface area contributed by atoms with Crippen LogP contribution in [0.2, 0.25) is 4.34 Å². The first-order chi connectivity index (χ1) is 15.1. The topological polar surface area (TPSA) is 43.9 Å². The highest BCUT2D eigenvalue weighted by Gasteiger charge is 2.31. The van der Waals surface area contributed by atoms with Gasteiger partial charge in [0.15, 0.2) is 0 Å². The third-order valence-corrected chi connectivity index (χ3v) is 7.58. The Morgan fingerprint density at radius 2 is 1.61 bits per heavy atom. The van der Waals surface area contributed by atoms with E-state index in [4.69, 9.17) is 11.6 Å². The van der Waals surface area contributed by atoms with E-state index in [-0.39, 0.29) is 17.7 Å². The zero-order chi connectivity index (χ0) is 21.6. The van der Waals surface area contributed by atoms with Crippen LogP contribution in [0.4, 0.5) is 0 Å². The lowest BCUT2D eigenvalue weighted by Gasteiger charge is -2.38. The Kier molecular flexibility index (Phi) is 7.64. The lowest BCUT2D eigenvalue weighted by Crippen LogP contribution is -2.51. The number of carbonyl (C=O) groups excluding carboxylic acids is 2. The maximum Gasteiger partial charge on any atom is 0.225 e. The van der Waals surface area contributed by atoms with Gasteiger partial charge in [-0.05, 0) is 37.0 Å². The minimum Gasteiger partial charge on any atom is -0.343 e. The van der Waals surface area contributed by atoms with Crippen LogP contribution in [0.3, 0.4) is 0 Å². The molecule has 3 heterocycles. The number of rotatable bonds is 6. The minimum absolute atomic E-state index is 0.0563. The van der Waals surface area contributed by atoms with Crippen molar-refractivity contribution in [2.75, 3.05) is 39.3 Å². The number of piperazine rings is 1. The van der Waals surface area contributed by atoms with Gasteiger partial charge in [0.25, 0.3) is 0 Å². The summed E-state index contributed by atoms with van der Waals surface area (Å²) in [5, 5.41) is 0. The van der Waals surface area contributed by atoms with Crippen LogP contribution >= 0.6 is 22.9 Å². The fourth-order valence-electron chi connectivity index (χ4n) is 4.47. The highest BCUT2D eigenvalue weighted by Crippen LogP contribution is 2.24. The summed E-state index contributed by atoms with van der Waals surface area (Å²) in [5.41, 5.74) is 1.20. The Morgan fingerprint density at radius 3 is 2.26 bits per heavy atom. The van der Waals surface area contributed by atoms with Crippen LogP contribution in [-0.4, -0.2) is 65.8 Å². The summed E-state index contributed by atoms with van der Waals surface area (Å²) in [4.78, 5) is 33.2. The number of thiophene rings is 1. The molecule has 2 aliphatic heterocycles. The molecule has 2 fully saturated rings. The summed E-state index contributed by atoms with van der Waals surface area (Å²) in [6, 6.07) is 14.2. The number of piperidine rings is 1. The van der Waals surface area contributed by atoms with Crippen molar-refractivity contribution >= 4 is 34.8 Å². The fraction of sp³-hybridized carbons (Fsp3) is 0.500. The maximum absolute atomic E-state index is 13.0. The van der Waals surface area contributed by atoms with Crippen molar-refractivity contribution < 1.29 is 9.59 Å². The van der Waals surface area contributed by atoms with Crippen LogP contribution in [0.25, 0.3) is 0 Å². The van der Waals surface area contributed by atoms with E-state index in [1.54, 1.807) is 11.3 Å². The molecule has 0 aliphatic carbocycles. The SMILES string of the molecule is O=C(CCc1ccccc1)N1CCC(C(=O)N2CCN(Cc3ccc(Cl)s3)CC2)CC1. The number of aryl methyl sites for hydroxylation is 1. The van der Waals surface area contributed by atoms with Crippen LogP contribution < -0.4 is 0 Å². The van der Waals surface area contributed by atoms with Crippen molar-refractivity contribution in [1.82, 2.24) is 14.7 Å². The molecule has 31 heavy (non-hydrogen) atoms. The molecule has 2 aromatic rings. The molecule has 0 saturated carbocycles. The average molecular weight is 460 g/mol. The molecule has 166 valence electrons. The van der Waals surface area contributed by atoms with Crippen LogP contribution in [0.1, 0.15) is 29.7 Å². The van der Waals surface area contributed by atoms with Gasteiger partial charge in [-0.15, -0.1) is 11.3 Å². The predicted octanol–water partition coefficient (Wildman–Crippen LogP) is 3.92. The van der Waals surface area contributed by atoms with Gasteiger partial charge in [0.05, 0.1) is 4.34 Å². The quantitative estimate of drug-likeness (QED) is 0.657. The van der Waals surface area contributed by atoms with Crippen molar-refractivity contribution in [3.05, 3.63) is 57.2 Å². The van der Waals surface area contributed by atoms with Gasteiger partial charge in [-0.1, -0.05) is 41.9 Å². The minimum atomic E-state index is 0.0563. The summed E-state index contributed by atoms with van der Waals surface area (Å²) in [5.74, 6) is 0.535. The molecule has 2 aliphatic rings. The first kappa shape index (κ1) is 22.3. The van der Waals surface area contributed by atoms with Gasteiger partial charge in [-0.3, -0.25) is 14.5 Å². The first-order valence-electron chi connectivity index (χ1n) is 11.2. The van der Waals surface area contributed by atoms with Crippen molar-refractivity contribution in [2.45, 2.75) is 32.2 Å². The summed E-state index contributed by atoms with van der Waals surface area (Å²) in [7, 11) is 0. The molecular formula is C24H30ClN3O2S. The van der Waals surface area contributed by atoms with Gasteiger partial charge < -0.3 is 9.80 Å². The Hall–Kier alpha value is -1.89. The maximum atomic E-state index is 13.0. The molecule has 0 bridgehead atoms. The molecule has 0 radical (unpaired) electrons. The first-order valence-corrected chi connectivity index (χ1v) is 12.3. The molecule has 5 nitrogen and oxygen atoms in total. The molecule has 7 heteroatoms. The second kappa shape index (κ2) is 10.6. The largest absolute Gasteiger partial charge is 0.343 e. The van der Waals surface area contributed by atoms with E-state index in [0.717, 1.165) is 56.3 Å². The summed E-state index contributed by atoms with van der Waals surface area (Å²) < 4.78 is 0.828. The lowest BCUT2D eigenvalue weighted by molar-refractivity contribution is -0.142. The summed E-state index contributed by atoms with van der Waals surface area (Å²) >= 11 is 7.65. The molecular weight excluding hydrogens is 430 g/mol. The molecule has 1 aromatic carbocycles. The standard InChI is InChI=1S/C24H30ClN3O2S/c25-22-8-7-21(31-22)18-26-14-16-28(17-15-26)24(30)20-10-12-27(13-11-20)23(29)9-6-19-4-2-1-3-5-19/h1-5,7-8,20H,6,9-18H2. The van der Waals surface area contributed by atoms with Crippen molar-refractivity contribution in [3.63, 3.8) is 0 Å². The Balaban J connectivity index is 1.17. The Morgan fingerprint density at radius 1 is 0.903 bits per heavy atom. The third kappa shape index (κ3) is 6.09. The molecule has 2 saturated heterocycles. The van der Waals surface area contributed by atoms with Crippen molar-refractivity contribution in [2.24, 2.45) is 5.92 Å². The fourth-order valence-corrected chi connectivity index (χ4v) is 5.60. The zero-order valence-electron chi connectivity index (χ0n) is 17.8. The van der Waals surface area contributed by atoms with E-state index in [0.29, 0.717) is 19.5 Å². The third-order valence-electron chi connectivity index (χ3n) is 6.36. The molecule has 2 amide bonds. The van der Waals surface area contributed by atoms with Crippen molar-refractivity contribution in [1.29, 1.82) is 0 Å². The second-order valence-electron chi connectivity index (χ2n) is 8.45. The van der Waals surface area contributed by atoms with Gasteiger partial charge in [0.1, 0.15) is 0 Å². The van der Waals surface area contributed by atoms with Gasteiger partial charge in [-0.25, -0.2) is 0 Å². The monoisotopic (exact) mass is 459 g/mol. The van der Waals surface area contributed by atoms with Crippen LogP contribution in [0, 0.1) is 5.92 Å². The molecule has 0 spiro atoms. The van der Waals surface area contributed by atoms with Gasteiger partial charge in [0, 0.05) is 63.0 Å². The Bertz CT molecular complexity index is 872. The number of halogens is 1. The highest BCUT2D eigenvalue weighted by molar-refractivity contribution is 7.16. The van der Waals surface area contributed by atoms with Crippen LogP contribution in [0.5, 0.6) is 0 Å². The zero-order valence-corrected chi connectivity index (χ0v) is 19.4. The van der Waals surface area contributed by atoms with Crippen LogP contribution in [0.15, 0.2) is 42.5 Å². The number of nitrogens with zero attached hydrogens (tertiary/aromatic N) is 3. The second-order valence-corrected chi connectivity index (χ2v) is 10.2. The summed E-state index contributed by atoms with van der Waals surface area (Å²) in [6.07, 6.45) is 2.88. The molecule has 0 unspecified atom stereocenters. The van der Waals surface area contributed by atoms with Gasteiger partial charge in [-0.2, -0.15) is 0 Å².